The molecule has 0 amide bonds. The predicted octanol–water partition coefficient (Wildman–Crippen LogP) is 5.93. The fourth-order valence-corrected chi connectivity index (χ4v) is 7.32. The normalized spacial score (nSPS) is 29.8. The van der Waals surface area contributed by atoms with Gasteiger partial charge in [0.05, 0.1) is 0 Å². The van der Waals surface area contributed by atoms with Crippen LogP contribution < -0.4 is 5.32 Å². The standard InChI is InChI=1S/C29H47NO4S/c1-18-11-9-13-28(5,6)25(18)23(31)15-20(3)30-22(27(33)34)17-35-21(4)16-24(32)26-19(2)12-10-14-29(26,7)8/h9-12,18-22,25-26,30H,13-17H2,1-8H3,(H,33,34)/t18?,19?,20?,21?,22-,25?,26?/m0/s1. The number of carboxylic acids is 1. The lowest BCUT2D eigenvalue weighted by molar-refractivity contribution is -0.139. The van der Waals surface area contributed by atoms with E-state index in [1.807, 2.05) is 13.8 Å². The summed E-state index contributed by atoms with van der Waals surface area (Å²) in [6.45, 7) is 16.7. The molecule has 0 fully saturated rings. The molecule has 5 nitrogen and oxygen atoms in total. The Balaban J connectivity index is 1.89. The van der Waals surface area contributed by atoms with Gasteiger partial charge in [-0.1, -0.05) is 72.8 Å². The van der Waals surface area contributed by atoms with Crippen LogP contribution in [0.1, 0.15) is 81.1 Å². The number of Topliss-reactive ketones (excluding diaryl/α,β-unsaturated/α-hetero) is 2. The third kappa shape index (κ3) is 8.04. The molecule has 2 aliphatic carbocycles. The van der Waals surface area contributed by atoms with Crippen LogP contribution >= 0.6 is 11.8 Å². The van der Waals surface area contributed by atoms with E-state index in [4.69, 9.17) is 0 Å². The molecular formula is C29H47NO4S. The van der Waals surface area contributed by atoms with Crippen molar-refractivity contribution in [3.8, 4) is 0 Å². The lowest BCUT2D eigenvalue weighted by Gasteiger charge is -2.39. The van der Waals surface area contributed by atoms with Crippen molar-refractivity contribution >= 4 is 29.3 Å². The smallest absolute Gasteiger partial charge is 0.321 e. The topological polar surface area (TPSA) is 83.5 Å². The zero-order chi connectivity index (χ0) is 26.6. The number of carbonyl (C=O) groups excluding carboxylic acids is 2. The fourth-order valence-electron chi connectivity index (χ4n) is 6.28. The van der Waals surface area contributed by atoms with E-state index in [1.165, 1.54) is 11.8 Å². The Bertz CT molecular complexity index is 831. The van der Waals surface area contributed by atoms with Crippen LogP contribution in [0.3, 0.4) is 0 Å². The van der Waals surface area contributed by atoms with Crippen LogP contribution in [0.2, 0.25) is 0 Å². The highest BCUT2D eigenvalue weighted by Crippen LogP contribution is 2.43. The number of allylic oxidation sites excluding steroid dienone is 4. The van der Waals surface area contributed by atoms with Crippen LogP contribution in [0, 0.1) is 34.5 Å². The van der Waals surface area contributed by atoms with Gasteiger partial charge in [0.2, 0.25) is 0 Å². The van der Waals surface area contributed by atoms with Crippen molar-refractivity contribution in [1.82, 2.24) is 5.32 Å². The Morgan fingerprint density at radius 3 is 1.80 bits per heavy atom. The number of hydrogen-bond acceptors (Lipinski definition) is 5. The molecule has 2 rings (SSSR count). The number of carboxylic acid groups (broad SMARTS) is 1. The number of carbonyl (C=O) groups is 3. The van der Waals surface area contributed by atoms with E-state index in [2.05, 4.69) is 71.2 Å². The van der Waals surface area contributed by atoms with Crippen LogP contribution in [0.5, 0.6) is 0 Å². The van der Waals surface area contributed by atoms with Crippen molar-refractivity contribution in [3.05, 3.63) is 24.3 Å². The van der Waals surface area contributed by atoms with E-state index in [1.54, 1.807) is 0 Å². The second-order valence-corrected chi connectivity index (χ2v) is 13.8. The largest absolute Gasteiger partial charge is 0.480 e. The predicted molar refractivity (Wildman–Crippen MR) is 146 cm³/mol. The highest BCUT2D eigenvalue weighted by molar-refractivity contribution is 7.99. The molecule has 0 aliphatic heterocycles. The SMILES string of the molecule is CC(CC(=O)C1C(C)C=CCC1(C)C)N[C@@H](CSC(C)CC(=O)C1C(C)C=CCC1(C)C)C(=O)O. The number of aliphatic carboxylic acids is 1. The minimum absolute atomic E-state index is 0.00347. The Kier molecular flexibility index (Phi) is 10.4. The van der Waals surface area contributed by atoms with Gasteiger partial charge >= 0.3 is 5.97 Å². The number of hydrogen-bond donors (Lipinski definition) is 2. The van der Waals surface area contributed by atoms with E-state index in [0.29, 0.717) is 18.6 Å². The molecule has 0 saturated carbocycles. The van der Waals surface area contributed by atoms with Crippen LogP contribution in [-0.4, -0.2) is 45.7 Å². The molecule has 2 aliphatic rings. The second kappa shape index (κ2) is 12.2. The highest BCUT2D eigenvalue weighted by Gasteiger charge is 2.41. The van der Waals surface area contributed by atoms with E-state index >= 15 is 0 Å². The number of rotatable bonds is 12. The summed E-state index contributed by atoms with van der Waals surface area (Å²) in [5.74, 6) is 0.261. The molecule has 0 aromatic carbocycles. The molecule has 0 aromatic rings. The summed E-state index contributed by atoms with van der Waals surface area (Å²) in [5.41, 5.74) is -0.141. The first-order chi connectivity index (χ1) is 16.2. The molecule has 35 heavy (non-hydrogen) atoms. The van der Waals surface area contributed by atoms with Gasteiger partial charge in [-0.2, -0.15) is 11.8 Å². The molecule has 6 heteroatoms. The molecule has 6 unspecified atom stereocenters. The van der Waals surface area contributed by atoms with Crippen molar-refractivity contribution in [3.63, 3.8) is 0 Å². The van der Waals surface area contributed by atoms with Crippen molar-refractivity contribution in [2.24, 2.45) is 34.5 Å². The summed E-state index contributed by atoms with van der Waals surface area (Å²) in [5, 5.41) is 13.0. The molecule has 198 valence electrons. The lowest BCUT2D eigenvalue weighted by atomic mass is 9.64. The lowest BCUT2D eigenvalue weighted by Crippen LogP contribution is -2.46. The average Bonchev–Trinajstić information content (AvgIpc) is 2.69. The molecular weight excluding hydrogens is 458 g/mol. The van der Waals surface area contributed by atoms with Crippen molar-refractivity contribution < 1.29 is 19.5 Å². The minimum Gasteiger partial charge on any atom is -0.480 e. The number of nitrogens with one attached hydrogen (secondary N) is 1. The summed E-state index contributed by atoms with van der Waals surface area (Å²) >= 11 is 1.52. The number of thioether (sulfide) groups is 1. The zero-order valence-corrected chi connectivity index (χ0v) is 23.8. The molecule has 2 N–H and O–H groups in total. The highest BCUT2D eigenvalue weighted by atomic mass is 32.2. The van der Waals surface area contributed by atoms with E-state index in [9.17, 15) is 19.5 Å². The Morgan fingerprint density at radius 2 is 1.37 bits per heavy atom. The molecule has 0 aromatic heterocycles. The van der Waals surface area contributed by atoms with E-state index in [0.717, 1.165) is 12.8 Å². The zero-order valence-electron chi connectivity index (χ0n) is 23.0. The summed E-state index contributed by atoms with van der Waals surface area (Å²) in [7, 11) is 0. The first-order valence-corrected chi connectivity index (χ1v) is 14.2. The summed E-state index contributed by atoms with van der Waals surface area (Å²) < 4.78 is 0. The monoisotopic (exact) mass is 505 g/mol. The minimum atomic E-state index is -0.920. The Hall–Kier alpha value is -1.40. The molecule has 0 radical (unpaired) electrons. The second-order valence-electron chi connectivity index (χ2n) is 12.4. The van der Waals surface area contributed by atoms with Crippen molar-refractivity contribution in [2.75, 3.05) is 5.75 Å². The van der Waals surface area contributed by atoms with Gasteiger partial charge in [0.15, 0.2) is 0 Å². The molecule has 0 heterocycles. The maximum Gasteiger partial charge on any atom is 0.321 e. The Morgan fingerprint density at radius 1 is 0.914 bits per heavy atom. The van der Waals surface area contributed by atoms with Crippen LogP contribution in [0.15, 0.2) is 24.3 Å². The summed E-state index contributed by atoms with van der Waals surface area (Å²) in [6, 6.07) is -0.990. The Labute approximate surface area is 217 Å². The van der Waals surface area contributed by atoms with Crippen molar-refractivity contribution in [1.29, 1.82) is 0 Å². The molecule has 7 atom stereocenters. The van der Waals surface area contributed by atoms with Gasteiger partial charge in [-0.05, 0) is 42.4 Å². The first-order valence-electron chi connectivity index (χ1n) is 13.1. The van der Waals surface area contributed by atoms with Crippen LogP contribution in [0.4, 0.5) is 0 Å². The number of ketones is 2. The van der Waals surface area contributed by atoms with Crippen LogP contribution in [-0.2, 0) is 14.4 Å². The van der Waals surface area contributed by atoms with Crippen LogP contribution in [0.25, 0.3) is 0 Å². The first kappa shape index (κ1) is 29.8. The summed E-state index contributed by atoms with van der Waals surface area (Å²) in [4.78, 5) is 38.2. The van der Waals surface area contributed by atoms with Gasteiger partial charge in [0.25, 0.3) is 0 Å². The van der Waals surface area contributed by atoms with E-state index in [-0.39, 0.29) is 57.4 Å². The van der Waals surface area contributed by atoms with Gasteiger partial charge in [-0.3, -0.25) is 14.4 Å². The molecule has 0 saturated heterocycles. The van der Waals surface area contributed by atoms with Gasteiger partial charge in [0.1, 0.15) is 17.6 Å². The quantitative estimate of drug-likeness (QED) is 0.320. The average molecular weight is 506 g/mol. The van der Waals surface area contributed by atoms with Crippen molar-refractivity contribution in [2.45, 2.75) is 98.4 Å². The van der Waals surface area contributed by atoms with Gasteiger partial charge in [-0.15, -0.1) is 0 Å². The van der Waals surface area contributed by atoms with Gasteiger partial charge < -0.3 is 10.4 Å². The maximum absolute atomic E-state index is 13.1. The fraction of sp³-hybridized carbons (Fsp3) is 0.759. The molecule has 0 bridgehead atoms. The van der Waals surface area contributed by atoms with Gasteiger partial charge in [0, 0.05) is 41.7 Å². The van der Waals surface area contributed by atoms with Gasteiger partial charge in [-0.25, -0.2) is 0 Å². The van der Waals surface area contributed by atoms with E-state index < -0.39 is 12.0 Å². The summed E-state index contributed by atoms with van der Waals surface area (Å²) in [6.07, 6.45) is 11.1. The maximum atomic E-state index is 13.1. The third-order valence-corrected chi connectivity index (χ3v) is 9.19. The third-order valence-electron chi connectivity index (χ3n) is 7.92. The molecule has 0 spiro atoms.